The Hall–Kier alpha value is -3.82. The first kappa shape index (κ1) is 26.4. The van der Waals surface area contributed by atoms with E-state index in [4.69, 9.17) is 4.74 Å². The van der Waals surface area contributed by atoms with Crippen molar-refractivity contribution in [1.29, 1.82) is 0 Å². The number of fused-ring (bicyclic) bond motifs is 1. The average Bonchev–Trinajstić information content (AvgIpc) is 3.21. The van der Waals surface area contributed by atoms with E-state index in [1.54, 1.807) is 6.20 Å². The molecule has 0 radical (unpaired) electrons. The zero-order valence-corrected chi connectivity index (χ0v) is 23.3. The van der Waals surface area contributed by atoms with Gasteiger partial charge in [0.05, 0.1) is 29.6 Å². The van der Waals surface area contributed by atoms with Gasteiger partial charge < -0.3 is 15.0 Å². The number of ether oxygens (including phenoxy) is 1. The summed E-state index contributed by atoms with van der Waals surface area (Å²) in [5.74, 6) is 0.598. The smallest absolute Gasteiger partial charge is 0.276 e. The fourth-order valence-corrected chi connectivity index (χ4v) is 5.85. The van der Waals surface area contributed by atoms with Crippen molar-refractivity contribution in [3.63, 3.8) is 0 Å². The number of benzene rings is 1. The SMILES string of the molecule is CC1CN(c2ccc(NC(=O)c3n[nH]c4ccc(-c5cncc(CN6CCCCCC6)c5)cc34)cn2)CC(C)O1. The van der Waals surface area contributed by atoms with Crippen LogP contribution < -0.4 is 10.2 Å². The minimum atomic E-state index is -0.278. The summed E-state index contributed by atoms with van der Waals surface area (Å²) in [4.78, 5) is 27.1. The molecule has 2 aliphatic heterocycles. The third-order valence-electron chi connectivity index (χ3n) is 7.76. The summed E-state index contributed by atoms with van der Waals surface area (Å²) in [7, 11) is 0. The Balaban J connectivity index is 1.17. The van der Waals surface area contributed by atoms with E-state index in [1.165, 1.54) is 31.2 Å². The molecular weight excluding hydrogens is 502 g/mol. The van der Waals surface area contributed by atoms with Crippen LogP contribution in [-0.4, -0.2) is 69.4 Å². The standard InChI is InChI=1S/C31H37N7O2/c1-21-18-38(19-22(2)40-21)29-10-8-26(17-33-29)34-31(39)30-27-14-24(7-9-28(27)35-36-30)25-13-23(15-32-16-25)20-37-11-5-3-4-6-12-37/h7-10,13-17,21-22H,3-6,11-12,18-20H2,1-2H3,(H,34,39)(H,35,36). The van der Waals surface area contributed by atoms with Gasteiger partial charge in [0.25, 0.3) is 5.91 Å². The van der Waals surface area contributed by atoms with Crippen molar-refractivity contribution in [2.24, 2.45) is 0 Å². The maximum absolute atomic E-state index is 13.2. The fraction of sp³-hybridized carbons (Fsp3) is 0.419. The number of aromatic nitrogens is 4. The maximum atomic E-state index is 13.2. The molecule has 2 atom stereocenters. The van der Waals surface area contributed by atoms with Crippen molar-refractivity contribution < 1.29 is 9.53 Å². The first-order chi connectivity index (χ1) is 19.5. The molecule has 1 amide bonds. The molecule has 6 rings (SSSR count). The second-order valence-electron chi connectivity index (χ2n) is 11.1. The van der Waals surface area contributed by atoms with Crippen LogP contribution in [0.3, 0.4) is 0 Å². The number of likely N-dealkylation sites (tertiary alicyclic amines) is 1. The topological polar surface area (TPSA) is 99.3 Å². The molecule has 40 heavy (non-hydrogen) atoms. The number of carbonyl (C=O) groups excluding carboxylic acids is 1. The number of nitrogens with one attached hydrogen (secondary N) is 2. The molecule has 208 valence electrons. The molecule has 0 spiro atoms. The van der Waals surface area contributed by atoms with Crippen LogP contribution in [-0.2, 0) is 11.3 Å². The van der Waals surface area contributed by atoms with Gasteiger partial charge in [0.1, 0.15) is 5.82 Å². The summed E-state index contributed by atoms with van der Waals surface area (Å²) in [5.41, 5.74) is 5.04. The summed E-state index contributed by atoms with van der Waals surface area (Å²) in [6.45, 7) is 8.93. The van der Waals surface area contributed by atoms with E-state index < -0.39 is 0 Å². The van der Waals surface area contributed by atoms with Crippen LogP contribution in [0.1, 0.15) is 55.6 Å². The molecule has 2 saturated heterocycles. The predicted octanol–water partition coefficient (Wildman–Crippen LogP) is 5.26. The number of amides is 1. The van der Waals surface area contributed by atoms with Crippen molar-refractivity contribution in [2.45, 2.75) is 58.3 Å². The Bertz CT molecular complexity index is 1450. The average molecular weight is 540 g/mol. The maximum Gasteiger partial charge on any atom is 0.276 e. The van der Waals surface area contributed by atoms with Crippen molar-refractivity contribution in [2.75, 3.05) is 36.4 Å². The summed E-state index contributed by atoms with van der Waals surface area (Å²) in [6, 6.07) is 12.1. The predicted molar refractivity (Wildman–Crippen MR) is 157 cm³/mol. The number of carbonyl (C=O) groups is 1. The Morgan fingerprint density at radius 1 is 0.975 bits per heavy atom. The highest BCUT2D eigenvalue weighted by molar-refractivity contribution is 6.11. The molecular formula is C31H37N7O2. The van der Waals surface area contributed by atoms with Crippen LogP contribution >= 0.6 is 0 Å². The summed E-state index contributed by atoms with van der Waals surface area (Å²) in [6.07, 6.45) is 11.0. The Morgan fingerprint density at radius 3 is 2.52 bits per heavy atom. The van der Waals surface area contributed by atoms with E-state index in [1.807, 2.05) is 42.7 Å². The lowest BCUT2D eigenvalue weighted by molar-refractivity contribution is -0.00545. The number of aromatic amines is 1. The molecule has 0 aliphatic carbocycles. The zero-order chi connectivity index (χ0) is 27.5. The number of anilines is 2. The molecule has 2 unspecified atom stereocenters. The zero-order valence-electron chi connectivity index (χ0n) is 23.3. The van der Waals surface area contributed by atoms with Gasteiger partial charge in [-0.3, -0.25) is 19.8 Å². The van der Waals surface area contributed by atoms with Crippen LogP contribution in [0.5, 0.6) is 0 Å². The quantitative estimate of drug-likeness (QED) is 0.345. The lowest BCUT2D eigenvalue weighted by Gasteiger charge is -2.36. The first-order valence-electron chi connectivity index (χ1n) is 14.3. The van der Waals surface area contributed by atoms with Gasteiger partial charge in [0, 0.05) is 43.0 Å². The van der Waals surface area contributed by atoms with Gasteiger partial charge in [-0.2, -0.15) is 5.10 Å². The number of hydrogen-bond donors (Lipinski definition) is 2. The highest BCUT2D eigenvalue weighted by Crippen LogP contribution is 2.27. The normalized spacial score (nSPS) is 20.4. The van der Waals surface area contributed by atoms with E-state index in [0.717, 1.165) is 60.6 Å². The van der Waals surface area contributed by atoms with E-state index in [9.17, 15) is 4.79 Å². The number of pyridine rings is 2. The highest BCUT2D eigenvalue weighted by atomic mass is 16.5. The summed E-state index contributed by atoms with van der Waals surface area (Å²) in [5, 5.41) is 11.1. The van der Waals surface area contributed by atoms with Gasteiger partial charge >= 0.3 is 0 Å². The Labute approximate surface area is 235 Å². The minimum Gasteiger partial charge on any atom is -0.372 e. The molecule has 4 aromatic rings. The lowest BCUT2D eigenvalue weighted by Crippen LogP contribution is -2.45. The molecule has 5 heterocycles. The molecule has 3 aromatic heterocycles. The Kier molecular flexibility index (Phi) is 7.75. The number of rotatable bonds is 6. The van der Waals surface area contributed by atoms with Crippen LogP contribution in [0.4, 0.5) is 11.5 Å². The van der Waals surface area contributed by atoms with E-state index in [2.05, 4.69) is 55.2 Å². The van der Waals surface area contributed by atoms with Gasteiger partial charge in [-0.15, -0.1) is 0 Å². The van der Waals surface area contributed by atoms with Crippen LogP contribution in [0.2, 0.25) is 0 Å². The van der Waals surface area contributed by atoms with Crippen LogP contribution in [0.25, 0.3) is 22.0 Å². The second-order valence-corrected chi connectivity index (χ2v) is 11.1. The number of morpholine rings is 1. The second kappa shape index (κ2) is 11.7. The fourth-order valence-electron chi connectivity index (χ4n) is 5.85. The van der Waals surface area contributed by atoms with E-state index >= 15 is 0 Å². The Morgan fingerprint density at radius 2 is 1.77 bits per heavy atom. The molecule has 2 fully saturated rings. The molecule has 0 saturated carbocycles. The monoisotopic (exact) mass is 539 g/mol. The number of hydrogen-bond acceptors (Lipinski definition) is 7. The van der Waals surface area contributed by atoms with Crippen molar-refractivity contribution in [1.82, 2.24) is 25.1 Å². The van der Waals surface area contributed by atoms with Gasteiger partial charge in [0.15, 0.2) is 5.69 Å². The molecule has 9 nitrogen and oxygen atoms in total. The third-order valence-corrected chi connectivity index (χ3v) is 7.76. The van der Waals surface area contributed by atoms with Crippen LogP contribution in [0, 0.1) is 0 Å². The molecule has 2 aliphatic rings. The minimum absolute atomic E-state index is 0.153. The first-order valence-corrected chi connectivity index (χ1v) is 14.3. The van der Waals surface area contributed by atoms with Gasteiger partial charge in [-0.25, -0.2) is 4.98 Å². The van der Waals surface area contributed by atoms with E-state index in [-0.39, 0.29) is 18.1 Å². The number of nitrogens with zero attached hydrogens (tertiary/aromatic N) is 5. The molecule has 9 heteroatoms. The number of H-pyrrole nitrogens is 1. The van der Waals surface area contributed by atoms with Gasteiger partial charge in [0.2, 0.25) is 0 Å². The van der Waals surface area contributed by atoms with Crippen molar-refractivity contribution in [3.8, 4) is 11.1 Å². The lowest BCUT2D eigenvalue weighted by atomic mass is 10.0. The van der Waals surface area contributed by atoms with Crippen LogP contribution in [0.15, 0.2) is 55.0 Å². The molecule has 1 aromatic carbocycles. The van der Waals surface area contributed by atoms with E-state index in [0.29, 0.717) is 11.4 Å². The summed E-state index contributed by atoms with van der Waals surface area (Å²) >= 11 is 0. The molecule has 0 bridgehead atoms. The third kappa shape index (κ3) is 6.00. The highest BCUT2D eigenvalue weighted by Gasteiger charge is 2.23. The van der Waals surface area contributed by atoms with Gasteiger partial charge in [-0.1, -0.05) is 18.9 Å². The molecule has 2 N–H and O–H groups in total. The largest absolute Gasteiger partial charge is 0.372 e. The van der Waals surface area contributed by atoms with Crippen molar-refractivity contribution >= 4 is 28.3 Å². The summed E-state index contributed by atoms with van der Waals surface area (Å²) < 4.78 is 5.83. The van der Waals surface area contributed by atoms with Crippen molar-refractivity contribution in [3.05, 3.63) is 66.2 Å². The van der Waals surface area contributed by atoms with Gasteiger partial charge in [-0.05, 0) is 81.2 Å².